The van der Waals surface area contributed by atoms with Crippen LogP contribution in [0.15, 0.2) is 60.7 Å². The van der Waals surface area contributed by atoms with E-state index >= 15 is 0 Å². The van der Waals surface area contributed by atoms with Gasteiger partial charge < -0.3 is 4.57 Å². The molecule has 0 fully saturated rings. The number of nitro groups is 1. The largest absolute Gasteiger partial charge is 0.343 e. The average Bonchev–Trinajstić information content (AvgIpc) is 2.92. The average molecular weight is 306 g/mol. The van der Waals surface area contributed by atoms with Crippen molar-refractivity contribution in [3.05, 3.63) is 76.3 Å². The summed E-state index contributed by atoms with van der Waals surface area (Å²) < 4.78 is 1.93. The molecule has 3 rings (SSSR count). The predicted octanol–water partition coefficient (Wildman–Crippen LogP) is 4.08. The molecule has 3 aromatic rings. The van der Waals surface area contributed by atoms with Gasteiger partial charge in [0, 0.05) is 30.4 Å². The molecule has 0 amide bonds. The summed E-state index contributed by atoms with van der Waals surface area (Å²) >= 11 is 0. The van der Waals surface area contributed by atoms with Gasteiger partial charge in [0.25, 0.3) is 5.69 Å². The van der Waals surface area contributed by atoms with Crippen LogP contribution in [0.3, 0.4) is 0 Å². The fourth-order valence-electron chi connectivity index (χ4n) is 2.70. The van der Waals surface area contributed by atoms with Crippen molar-refractivity contribution in [3.63, 3.8) is 0 Å². The van der Waals surface area contributed by atoms with Gasteiger partial charge in [-0.15, -0.1) is 0 Å². The number of rotatable bonds is 4. The number of aldehydes is 1. The van der Waals surface area contributed by atoms with Gasteiger partial charge in [-0.2, -0.15) is 0 Å². The van der Waals surface area contributed by atoms with Crippen LogP contribution in [0.2, 0.25) is 0 Å². The van der Waals surface area contributed by atoms with Crippen LogP contribution in [0.5, 0.6) is 0 Å². The van der Waals surface area contributed by atoms with Crippen LogP contribution >= 0.6 is 0 Å². The van der Waals surface area contributed by atoms with Crippen LogP contribution in [-0.2, 0) is 7.05 Å². The molecule has 1 heterocycles. The molecule has 0 N–H and O–H groups in total. The summed E-state index contributed by atoms with van der Waals surface area (Å²) in [5, 5.41) is 10.8. The smallest absolute Gasteiger partial charge is 0.269 e. The normalized spacial score (nSPS) is 10.5. The molecule has 114 valence electrons. The Balaban J connectivity index is 2.14. The predicted molar refractivity (Wildman–Crippen MR) is 88.3 cm³/mol. The van der Waals surface area contributed by atoms with Crippen molar-refractivity contribution < 1.29 is 9.72 Å². The fourth-order valence-corrected chi connectivity index (χ4v) is 2.70. The van der Waals surface area contributed by atoms with Crippen molar-refractivity contribution in [2.75, 3.05) is 0 Å². The minimum Gasteiger partial charge on any atom is -0.343 e. The van der Waals surface area contributed by atoms with E-state index in [4.69, 9.17) is 0 Å². The van der Waals surface area contributed by atoms with E-state index < -0.39 is 4.92 Å². The topological polar surface area (TPSA) is 65.1 Å². The van der Waals surface area contributed by atoms with Crippen molar-refractivity contribution in [1.29, 1.82) is 0 Å². The first kappa shape index (κ1) is 14.7. The molecule has 0 bridgehead atoms. The van der Waals surface area contributed by atoms with E-state index in [1.165, 1.54) is 12.1 Å². The second kappa shape index (κ2) is 5.88. The summed E-state index contributed by atoms with van der Waals surface area (Å²) in [6, 6.07) is 17.8. The number of hydrogen-bond donors (Lipinski definition) is 0. The van der Waals surface area contributed by atoms with Gasteiger partial charge in [0.15, 0.2) is 6.29 Å². The molecule has 5 heteroatoms. The maximum absolute atomic E-state index is 11.5. The second-order valence-corrected chi connectivity index (χ2v) is 5.18. The molecule has 0 atom stereocenters. The lowest BCUT2D eigenvalue weighted by Gasteiger charge is -2.08. The Hall–Kier alpha value is -3.21. The lowest BCUT2D eigenvalue weighted by molar-refractivity contribution is -0.384. The summed E-state index contributed by atoms with van der Waals surface area (Å²) in [5.41, 5.74) is 4.02. The van der Waals surface area contributed by atoms with Gasteiger partial charge in [0.05, 0.1) is 10.6 Å². The van der Waals surface area contributed by atoms with E-state index in [-0.39, 0.29) is 5.69 Å². The first-order valence-electron chi connectivity index (χ1n) is 7.07. The lowest BCUT2D eigenvalue weighted by atomic mass is 10.1. The van der Waals surface area contributed by atoms with Gasteiger partial charge >= 0.3 is 0 Å². The first-order valence-corrected chi connectivity index (χ1v) is 7.07. The highest BCUT2D eigenvalue weighted by molar-refractivity contribution is 5.90. The Labute approximate surface area is 133 Å². The quantitative estimate of drug-likeness (QED) is 0.414. The number of carbonyl (C=O) groups is 1. The van der Waals surface area contributed by atoms with E-state index in [0.29, 0.717) is 5.56 Å². The van der Waals surface area contributed by atoms with Crippen molar-refractivity contribution in [2.24, 2.45) is 7.05 Å². The van der Waals surface area contributed by atoms with Crippen LogP contribution in [0.4, 0.5) is 5.69 Å². The Morgan fingerprint density at radius 3 is 2.22 bits per heavy atom. The molecule has 0 aliphatic heterocycles. The molecule has 0 aliphatic rings. The van der Waals surface area contributed by atoms with Crippen LogP contribution in [0.25, 0.3) is 22.5 Å². The molecule has 2 aromatic carbocycles. The van der Waals surface area contributed by atoms with Gasteiger partial charge in [-0.1, -0.05) is 30.3 Å². The first-order chi connectivity index (χ1) is 11.1. The van der Waals surface area contributed by atoms with Crippen LogP contribution in [-0.4, -0.2) is 15.8 Å². The molecule has 0 saturated heterocycles. The summed E-state index contributed by atoms with van der Waals surface area (Å²) in [7, 11) is 1.88. The fraction of sp³-hybridized carbons (Fsp3) is 0.0556. The van der Waals surface area contributed by atoms with Crippen molar-refractivity contribution in [1.82, 2.24) is 4.57 Å². The molecular formula is C18H14N2O3. The number of aromatic nitrogens is 1. The molecule has 0 radical (unpaired) electrons. The number of hydrogen-bond acceptors (Lipinski definition) is 3. The third kappa shape index (κ3) is 2.64. The summed E-state index contributed by atoms with van der Waals surface area (Å²) in [5.74, 6) is 0. The Bertz CT molecular complexity index is 865. The number of benzene rings is 2. The van der Waals surface area contributed by atoms with E-state index in [1.54, 1.807) is 12.1 Å². The van der Waals surface area contributed by atoms with Gasteiger partial charge in [-0.3, -0.25) is 14.9 Å². The third-order valence-corrected chi connectivity index (χ3v) is 3.81. The zero-order valence-electron chi connectivity index (χ0n) is 12.5. The van der Waals surface area contributed by atoms with Crippen LogP contribution in [0.1, 0.15) is 10.4 Å². The molecule has 1 aromatic heterocycles. The van der Waals surface area contributed by atoms with E-state index in [2.05, 4.69) is 0 Å². The van der Waals surface area contributed by atoms with Crippen LogP contribution in [0, 0.1) is 10.1 Å². The highest BCUT2D eigenvalue weighted by Crippen LogP contribution is 2.32. The summed E-state index contributed by atoms with van der Waals surface area (Å²) in [6.45, 7) is 0. The SMILES string of the molecule is Cn1c(-c2ccccc2)cc(C=O)c1-c1ccc([N+](=O)[O-])cc1. The monoisotopic (exact) mass is 306 g/mol. The van der Waals surface area contributed by atoms with E-state index in [0.717, 1.165) is 28.8 Å². The lowest BCUT2D eigenvalue weighted by Crippen LogP contribution is -1.96. The van der Waals surface area contributed by atoms with Crippen molar-refractivity contribution in [3.8, 4) is 22.5 Å². The number of carbonyl (C=O) groups excluding carboxylic acids is 1. The standard InChI is InChI=1S/C18H14N2O3/c1-19-17(13-5-3-2-4-6-13)11-15(12-21)18(19)14-7-9-16(10-8-14)20(22)23/h2-12H,1H3. The minimum absolute atomic E-state index is 0.0268. The van der Waals surface area contributed by atoms with E-state index in [1.807, 2.05) is 48.0 Å². The molecule has 5 nitrogen and oxygen atoms in total. The number of non-ortho nitro benzene ring substituents is 1. The molecule has 0 saturated carbocycles. The van der Waals surface area contributed by atoms with Gasteiger partial charge in [-0.05, 0) is 29.3 Å². The minimum atomic E-state index is -0.440. The Morgan fingerprint density at radius 1 is 1.00 bits per heavy atom. The van der Waals surface area contributed by atoms with Crippen molar-refractivity contribution in [2.45, 2.75) is 0 Å². The number of nitro benzene ring substituents is 1. The van der Waals surface area contributed by atoms with Crippen LogP contribution < -0.4 is 0 Å². The second-order valence-electron chi connectivity index (χ2n) is 5.18. The van der Waals surface area contributed by atoms with Crippen molar-refractivity contribution >= 4 is 12.0 Å². The number of nitrogens with zero attached hydrogens (tertiary/aromatic N) is 2. The zero-order valence-corrected chi connectivity index (χ0v) is 12.5. The molecule has 0 aliphatic carbocycles. The summed E-state index contributed by atoms with van der Waals surface area (Å²) in [4.78, 5) is 21.8. The molecule has 23 heavy (non-hydrogen) atoms. The maximum Gasteiger partial charge on any atom is 0.269 e. The third-order valence-electron chi connectivity index (χ3n) is 3.81. The van der Waals surface area contributed by atoms with Gasteiger partial charge in [-0.25, -0.2) is 0 Å². The molecule has 0 unspecified atom stereocenters. The van der Waals surface area contributed by atoms with Gasteiger partial charge in [0.2, 0.25) is 0 Å². The zero-order chi connectivity index (χ0) is 16.4. The maximum atomic E-state index is 11.5. The Morgan fingerprint density at radius 2 is 1.65 bits per heavy atom. The molecular weight excluding hydrogens is 292 g/mol. The summed E-state index contributed by atoms with van der Waals surface area (Å²) in [6.07, 6.45) is 0.809. The highest BCUT2D eigenvalue weighted by Gasteiger charge is 2.16. The van der Waals surface area contributed by atoms with Gasteiger partial charge in [0.1, 0.15) is 0 Å². The molecule has 0 spiro atoms. The van der Waals surface area contributed by atoms with E-state index in [9.17, 15) is 14.9 Å². The Kier molecular flexibility index (Phi) is 3.76. The highest BCUT2D eigenvalue weighted by atomic mass is 16.6.